The molecule has 0 unspecified atom stereocenters. The molecule has 1 atom stereocenters. The van der Waals surface area contributed by atoms with Crippen LogP contribution in [0.1, 0.15) is 22.8 Å². The van der Waals surface area contributed by atoms with Crippen LogP contribution in [0.5, 0.6) is 11.5 Å². The lowest BCUT2D eigenvalue weighted by atomic mass is 9.95. The Morgan fingerprint density at radius 2 is 2.12 bits per heavy atom. The van der Waals surface area contributed by atoms with E-state index in [1.807, 2.05) is 6.07 Å². The lowest BCUT2D eigenvalue weighted by molar-refractivity contribution is 0.0525. The molecular weight excluding hydrogens is 340 g/mol. The number of aliphatic hydroxyl groups is 1. The maximum atomic E-state index is 12.4. The third kappa shape index (κ3) is 3.04. The first-order valence-corrected chi connectivity index (χ1v) is 8.65. The van der Waals surface area contributed by atoms with Crippen molar-refractivity contribution in [1.82, 2.24) is 10.3 Å². The van der Waals surface area contributed by atoms with Crippen LogP contribution in [0.4, 0.5) is 0 Å². The molecule has 1 aliphatic heterocycles. The molecule has 7 heteroatoms. The van der Waals surface area contributed by atoms with Crippen molar-refractivity contribution in [3.05, 3.63) is 53.0 Å². The highest BCUT2D eigenvalue weighted by molar-refractivity contribution is 7.16. The number of aromatic nitrogens is 1. The molecule has 1 aromatic heterocycles. The minimum Gasteiger partial charge on any atom is -0.454 e. The van der Waals surface area contributed by atoms with E-state index in [4.69, 9.17) is 9.47 Å². The highest BCUT2D eigenvalue weighted by atomic mass is 32.1. The Hall–Kier alpha value is -2.64. The number of nitrogens with zero attached hydrogens (tertiary/aromatic N) is 1. The Balaban J connectivity index is 1.48. The summed E-state index contributed by atoms with van der Waals surface area (Å²) in [5.41, 5.74) is 2.57. The normalized spacial score (nSPS) is 15.1. The minimum absolute atomic E-state index is 0.0756. The number of nitrogens with one attached hydrogen (secondary N) is 1. The Morgan fingerprint density at radius 1 is 1.28 bits per heavy atom. The van der Waals surface area contributed by atoms with Gasteiger partial charge in [0, 0.05) is 5.56 Å². The minimum atomic E-state index is -1.23. The van der Waals surface area contributed by atoms with Crippen molar-refractivity contribution in [2.45, 2.75) is 12.5 Å². The van der Waals surface area contributed by atoms with E-state index in [2.05, 4.69) is 10.3 Å². The van der Waals surface area contributed by atoms with Gasteiger partial charge in [-0.05, 0) is 42.8 Å². The molecule has 4 rings (SSSR count). The van der Waals surface area contributed by atoms with Crippen LogP contribution in [0.3, 0.4) is 0 Å². The summed E-state index contributed by atoms with van der Waals surface area (Å²) in [4.78, 5) is 16.6. The van der Waals surface area contributed by atoms with Gasteiger partial charge in [-0.2, -0.15) is 0 Å². The van der Waals surface area contributed by atoms with E-state index in [0.29, 0.717) is 22.6 Å². The van der Waals surface area contributed by atoms with Crippen molar-refractivity contribution in [1.29, 1.82) is 0 Å². The van der Waals surface area contributed by atoms with Crippen molar-refractivity contribution >= 4 is 27.5 Å². The molecule has 0 saturated carbocycles. The van der Waals surface area contributed by atoms with Crippen molar-refractivity contribution in [2.24, 2.45) is 0 Å². The summed E-state index contributed by atoms with van der Waals surface area (Å²) in [5.74, 6) is 1.01. The van der Waals surface area contributed by atoms with E-state index in [0.717, 1.165) is 10.2 Å². The summed E-state index contributed by atoms with van der Waals surface area (Å²) >= 11 is 1.48. The Bertz CT molecular complexity index is 951. The average molecular weight is 356 g/mol. The second-order valence-electron chi connectivity index (χ2n) is 6.06. The number of carbonyl (C=O) groups excluding carboxylic acids is 1. The standard InChI is InChI=1S/C18H16N2O4S/c1-18(22,12-3-5-14-15(7-12)24-10-23-14)8-19-17(21)11-2-4-13-16(6-11)25-9-20-13/h2-7,9,22H,8,10H2,1H3,(H,19,21)/t18-/m0/s1. The molecule has 1 amide bonds. The van der Waals surface area contributed by atoms with E-state index >= 15 is 0 Å². The number of carbonyl (C=O) groups is 1. The molecule has 0 aliphatic carbocycles. The molecule has 1 aliphatic rings. The topological polar surface area (TPSA) is 80.7 Å². The quantitative estimate of drug-likeness (QED) is 0.751. The van der Waals surface area contributed by atoms with Gasteiger partial charge in [0.05, 0.1) is 22.3 Å². The summed E-state index contributed by atoms with van der Waals surface area (Å²) in [7, 11) is 0. The van der Waals surface area contributed by atoms with Gasteiger partial charge >= 0.3 is 0 Å². The van der Waals surface area contributed by atoms with Gasteiger partial charge < -0.3 is 19.9 Å². The number of hydrogen-bond acceptors (Lipinski definition) is 6. The van der Waals surface area contributed by atoms with Crippen LogP contribution in [0, 0.1) is 0 Å². The number of benzene rings is 2. The van der Waals surface area contributed by atoms with Crippen LogP contribution in [0.25, 0.3) is 10.2 Å². The van der Waals surface area contributed by atoms with E-state index in [1.54, 1.807) is 42.8 Å². The number of ether oxygens (including phenoxy) is 2. The maximum absolute atomic E-state index is 12.4. The van der Waals surface area contributed by atoms with Gasteiger partial charge in [-0.15, -0.1) is 11.3 Å². The van der Waals surface area contributed by atoms with E-state index in [-0.39, 0.29) is 19.2 Å². The van der Waals surface area contributed by atoms with Gasteiger partial charge in [0.25, 0.3) is 5.91 Å². The fourth-order valence-electron chi connectivity index (χ4n) is 2.68. The molecule has 2 N–H and O–H groups in total. The first-order valence-electron chi connectivity index (χ1n) is 7.77. The molecule has 0 spiro atoms. The van der Waals surface area contributed by atoms with E-state index in [9.17, 15) is 9.90 Å². The predicted octanol–water partition coefficient (Wildman–Crippen LogP) is 2.66. The average Bonchev–Trinajstić information content (AvgIpc) is 3.26. The van der Waals surface area contributed by atoms with E-state index in [1.165, 1.54) is 11.3 Å². The molecule has 25 heavy (non-hydrogen) atoms. The zero-order valence-corrected chi connectivity index (χ0v) is 14.3. The fourth-order valence-corrected chi connectivity index (χ4v) is 3.40. The molecule has 128 valence electrons. The number of rotatable bonds is 4. The second kappa shape index (κ2) is 6.02. The van der Waals surface area contributed by atoms with Gasteiger partial charge in [-0.1, -0.05) is 6.07 Å². The van der Waals surface area contributed by atoms with Gasteiger partial charge in [-0.25, -0.2) is 4.98 Å². The zero-order chi connectivity index (χ0) is 17.4. The molecule has 2 heterocycles. The number of amides is 1. The number of fused-ring (bicyclic) bond motifs is 2. The van der Waals surface area contributed by atoms with Crippen LogP contribution >= 0.6 is 11.3 Å². The molecule has 3 aromatic rings. The Kier molecular flexibility index (Phi) is 3.82. The highest BCUT2D eigenvalue weighted by Gasteiger charge is 2.26. The molecule has 0 bridgehead atoms. The SMILES string of the molecule is C[C@](O)(CNC(=O)c1ccc2ncsc2c1)c1ccc2c(c1)OCO2. The molecule has 2 aromatic carbocycles. The van der Waals surface area contributed by atoms with Gasteiger partial charge in [-0.3, -0.25) is 4.79 Å². The molecule has 0 radical (unpaired) electrons. The summed E-state index contributed by atoms with van der Waals surface area (Å²) in [6.07, 6.45) is 0. The van der Waals surface area contributed by atoms with Crippen LogP contribution in [-0.4, -0.2) is 29.3 Å². The predicted molar refractivity (Wildman–Crippen MR) is 94.1 cm³/mol. The lowest BCUT2D eigenvalue weighted by Crippen LogP contribution is -2.38. The highest BCUT2D eigenvalue weighted by Crippen LogP contribution is 2.35. The first kappa shape index (κ1) is 15.9. The van der Waals surface area contributed by atoms with Crippen molar-refractivity contribution < 1.29 is 19.4 Å². The molecule has 0 saturated heterocycles. The van der Waals surface area contributed by atoms with Gasteiger partial charge in [0.15, 0.2) is 11.5 Å². The third-order valence-electron chi connectivity index (χ3n) is 4.18. The van der Waals surface area contributed by atoms with Crippen molar-refractivity contribution in [3.8, 4) is 11.5 Å². The molecular formula is C18H16N2O4S. The van der Waals surface area contributed by atoms with Crippen LogP contribution < -0.4 is 14.8 Å². The third-order valence-corrected chi connectivity index (χ3v) is 4.97. The fraction of sp³-hybridized carbons (Fsp3) is 0.222. The molecule has 0 fully saturated rings. The van der Waals surface area contributed by atoms with Gasteiger partial charge in [0.1, 0.15) is 5.60 Å². The van der Waals surface area contributed by atoms with Crippen LogP contribution in [0.15, 0.2) is 41.9 Å². The first-order chi connectivity index (χ1) is 12.0. The van der Waals surface area contributed by atoms with Crippen molar-refractivity contribution in [2.75, 3.05) is 13.3 Å². The largest absolute Gasteiger partial charge is 0.454 e. The smallest absolute Gasteiger partial charge is 0.251 e. The summed E-state index contributed by atoms with van der Waals surface area (Å²) < 4.78 is 11.6. The summed E-state index contributed by atoms with van der Waals surface area (Å²) in [6.45, 7) is 1.90. The summed E-state index contributed by atoms with van der Waals surface area (Å²) in [5, 5.41) is 13.5. The second-order valence-corrected chi connectivity index (χ2v) is 6.95. The number of hydrogen-bond donors (Lipinski definition) is 2. The maximum Gasteiger partial charge on any atom is 0.251 e. The van der Waals surface area contributed by atoms with Crippen LogP contribution in [0.2, 0.25) is 0 Å². The lowest BCUT2D eigenvalue weighted by Gasteiger charge is -2.24. The summed E-state index contributed by atoms with van der Waals surface area (Å²) in [6, 6.07) is 10.6. The van der Waals surface area contributed by atoms with E-state index < -0.39 is 5.60 Å². The Morgan fingerprint density at radius 3 is 3.00 bits per heavy atom. The Labute approximate surface area is 148 Å². The van der Waals surface area contributed by atoms with Gasteiger partial charge in [0.2, 0.25) is 6.79 Å². The van der Waals surface area contributed by atoms with Crippen LogP contribution in [-0.2, 0) is 5.60 Å². The van der Waals surface area contributed by atoms with Crippen molar-refractivity contribution in [3.63, 3.8) is 0 Å². The zero-order valence-electron chi connectivity index (χ0n) is 13.5. The monoisotopic (exact) mass is 356 g/mol. The number of thiazole rings is 1. The molecule has 6 nitrogen and oxygen atoms in total.